The summed E-state index contributed by atoms with van der Waals surface area (Å²) in [5.41, 5.74) is 3.81. The molecule has 3 rings (SSSR count). The van der Waals surface area contributed by atoms with Crippen LogP contribution >= 0.6 is 0 Å². The lowest BCUT2D eigenvalue weighted by atomic mass is 9.98. The predicted molar refractivity (Wildman–Crippen MR) is 131 cm³/mol. The van der Waals surface area contributed by atoms with Crippen LogP contribution in [0.25, 0.3) is 0 Å². The molecule has 0 unspecified atom stereocenters. The summed E-state index contributed by atoms with van der Waals surface area (Å²) in [6, 6.07) is 19.7. The molecule has 0 aliphatic heterocycles. The molecule has 0 radical (unpaired) electrons. The van der Waals surface area contributed by atoms with Crippen LogP contribution in [0.1, 0.15) is 46.8 Å². The van der Waals surface area contributed by atoms with Gasteiger partial charge in [-0.15, -0.1) is 0 Å². The Morgan fingerprint density at radius 2 is 1.73 bits per heavy atom. The summed E-state index contributed by atoms with van der Waals surface area (Å²) in [5, 5.41) is 2.97. The molecule has 0 aromatic heterocycles. The highest BCUT2D eigenvalue weighted by Crippen LogP contribution is 2.30. The first-order valence-electron chi connectivity index (χ1n) is 10.7. The van der Waals surface area contributed by atoms with Crippen LogP contribution in [0.2, 0.25) is 0 Å². The van der Waals surface area contributed by atoms with Gasteiger partial charge < -0.3 is 10.1 Å². The minimum atomic E-state index is -3.91. The molecule has 6 nitrogen and oxygen atoms in total. The molecule has 0 saturated carbocycles. The molecular formula is C26H30N2O4S. The van der Waals surface area contributed by atoms with Gasteiger partial charge in [-0.3, -0.25) is 4.79 Å². The molecule has 0 bridgehead atoms. The van der Waals surface area contributed by atoms with Crippen molar-refractivity contribution in [2.24, 2.45) is 0 Å². The van der Waals surface area contributed by atoms with Crippen molar-refractivity contribution in [2.45, 2.75) is 38.1 Å². The molecule has 174 valence electrons. The predicted octanol–water partition coefficient (Wildman–Crippen LogP) is 5.20. The number of hydrogen-bond donors (Lipinski definition) is 1. The lowest BCUT2D eigenvalue weighted by Gasteiger charge is -2.20. The monoisotopic (exact) mass is 466 g/mol. The fraction of sp³-hybridized carbons (Fsp3) is 0.269. The van der Waals surface area contributed by atoms with Gasteiger partial charge in [0.25, 0.3) is 5.91 Å². The summed E-state index contributed by atoms with van der Waals surface area (Å²) in [6.45, 7) is 6.25. The first-order valence-corrected chi connectivity index (χ1v) is 12.2. The highest BCUT2D eigenvalue weighted by molar-refractivity contribution is 7.89. The van der Waals surface area contributed by atoms with Crippen molar-refractivity contribution < 1.29 is 17.9 Å². The zero-order valence-corrected chi connectivity index (χ0v) is 20.4. The molecule has 0 aliphatic carbocycles. The summed E-state index contributed by atoms with van der Waals surface area (Å²) >= 11 is 0. The third-order valence-corrected chi connectivity index (χ3v) is 7.35. The first-order chi connectivity index (χ1) is 15.6. The van der Waals surface area contributed by atoms with Gasteiger partial charge in [0.2, 0.25) is 10.0 Å². The largest absolute Gasteiger partial charge is 0.495 e. The van der Waals surface area contributed by atoms with Gasteiger partial charge in [0.05, 0.1) is 7.11 Å². The molecule has 0 atom stereocenters. The Labute approximate surface area is 196 Å². The third kappa shape index (κ3) is 5.43. The average molecular weight is 467 g/mol. The molecule has 7 heteroatoms. The normalized spacial score (nSPS) is 11.6. The van der Waals surface area contributed by atoms with Crippen LogP contribution in [0.15, 0.2) is 71.6 Å². The third-order valence-electron chi connectivity index (χ3n) is 5.53. The second kappa shape index (κ2) is 10.2. The van der Waals surface area contributed by atoms with E-state index in [-0.39, 0.29) is 34.6 Å². The van der Waals surface area contributed by atoms with Gasteiger partial charge in [-0.1, -0.05) is 62.4 Å². The van der Waals surface area contributed by atoms with E-state index in [1.165, 1.54) is 30.6 Å². The molecular weight excluding hydrogens is 436 g/mol. The number of sulfonamides is 1. The smallest absolute Gasteiger partial charge is 0.255 e. The highest BCUT2D eigenvalue weighted by atomic mass is 32.2. The summed E-state index contributed by atoms with van der Waals surface area (Å²) in [5.74, 6) is 0.0277. The second-order valence-electron chi connectivity index (χ2n) is 8.26. The number of hydrogen-bond acceptors (Lipinski definition) is 4. The van der Waals surface area contributed by atoms with E-state index in [1.54, 1.807) is 6.07 Å². The zero-order valence-electron chi connectivity index (χ0n) is 19.6. The van der Waals surface area contributed by atoms with E-state index in [1.807, 2.05) is 55.5 Å². The SMILES string of the molecule is COc1ccc(C(=O)Nc2c(C)cccc2C(C)C)cc1S(=O)(=O)N(C)Cc1ccccc1. The zero-order chi connectivity index (χ0) is 24.2. The topological polar surface area (TPSA) is 75.7 Å². The Kier molecular flexibility index (Phi) is 7.56. The number of carbonyl (C=O) groups excluding carboxylic acids is 1. The number of methoxy groups -OCH3 is 1. The van der Waals surface area contributed by atoms with Gasteiger partial charge in [0.15, 0.2) is 0 Å². The van der Waals surface area contributed by atoms with E-state index < -0.39 is 10.0 Å². The van der Waals surface area contributed by atoms with E-state index in [0.29, 0.717) is 0 Å². The highest BCUT2D eigenvalue weighted by Gasteiger charge is 2.26. The number of anilines is 1. The van der Waals surface area contributed by atoms with Crippen LogP contribution in [0.5, 0.6) is 5.75 Å². The molecule has 3 aromatic rings. The molecule has 0 fully saturated rings. The van der Waals surface area contributed by atoms with E-state index in [2.05, 4.69) is 19.2 Å². The van der Waals surface area contributed by atoms with E-state index >= 15 is 0 Å². The number of aryl methyl sites for hydroxylation is 1. The van der Waals surface area contributed by atoms with Crippen molar-refractivity contribution in [2.75, 3.05) is 19.5 Å². The Hall–Kier alpha value is -3.16. The van der Waals surface area contributed by atoms with Crippen LogP contribution in [-0.2, 0) is 16.6 Å². The van der Waals surface area contributed by atoms with Crippen molar-refractivity contribution in [1.29, 1.82) is 0 Å². The fourth-order valence-electron chi connectivity index (χ4n) is 3.64. The molecule has 0 spiro atoms. The number of benzene rings is 3. The minimum absolute atomic E-state index is 0.0510. The maximum absolute atomic E-state index is 13.4. The number of carbonyl (C=O) groups is 1. The van der Waals surface area contributed by atoms with Crippen LogP contribution in [0.3, 0.4) is 0 Å². The average Bonchev–Trinajstić information content (AvgIpc) is 2.80. The van der Waals surface area contributed by atoms with E-state index in [9.17, 15) is 13.2 Å². The number of para-hydroxylation sites is 1. The first kappa shape index (κ1) is 24.5. The van der Waals surface area contributed by atoms with Gasteiger partial charge in [-0.25, -0.2) is 8.42 Å². The summed E-state index contributed by atoms with van der Waals surface area (Å²) < 4.78 is 33.3. The summed E-state index contributed by atoms with van der Waals surface area (Å²) in [6.07, 6.45) is 0. The van der Waals surface area contributed by atoms with Crippen LogP contribution < -0.4 is 10.1 Å². The van der Waals surface area contributed by atoms with Gasteiger partial charge in [0.1, 0.15) is 10.6 Å². The maximum Gasteiger partial charge on any atom is 0.255 e. The lowest BCUT2D eigenvalue weighted by molar-refractivity contribution is 0.102. The number of rotatable bonds is 8. The number of ether oxygens (including phenoxy) is 1. The fourth-order valence-corrected chi connectivity index (χ4v) is 4.98. The molecule has 3 aromatic carbocycles. The van der Waals surface area contributed by atoms with Crippen molar-refractivity contribution in [3.8, 4) is 5.75 Å². The minimum Gasteiger partial charge on any atom is -0.495 e. The van der Waals surface area contributed by atoms with Gasteiger partial charge in [0, 0.05) is 24.8 Å². The number of nitrogens with one attached hydrogen (secondary N) is 1. The molecule has 33 heavy (non-hydrogen) atoms. The molecule has 0 saturated heterocycles. The quantitative estimate of drug-likeness (QED) is 0.495. The molecule has 0 aliphatic rings. The summed E-state index contributed by atoms with van der Waals surface area (Å²) in [7, 11) is -0.989. The van der Waals surface area contributed by atoms with Gasteiger partial charge in [-0.2, -0.15) is 4.31 Å². The van der Waals surface area contributed by atoms with Crippen LogP contribution in [-0.4, -0.2) is 32.8 Å². The van der Waals surface area contributed by atoms with Gasteiger partial charge in [-0.05, 0) is 47.7 Å². The van der Waals surface area contributed by atoms with Gasteiger partial charge >= 0.3 is 0 Å². The molecule has 1 N–H and O–H groups in total. The van der Waals surface area contributed by atoms with Crippen molar-refractivity contribution >= 4 is 21.6 Å². The lowest BCUT2D eigenvalue weighted by Crippen LogP contribution is -2.27. The van der Waals surface area contributed by atoms with Crippen molar-refractivity contribution in [1.82, 2.24) is 4.31 Å². The Bertz CT molecular complexity index is 1240. The van der Waals surface area contributed by atoms with Crippen LogP contribution in [0.4, 0.5) is 5.69 Å². The molecule has 1 amide bonds. The maximum atomic E-state index is 13.4. The van der Waals surface area contributed by atoms with E-state index in [0.717, 1.165) is 22.4 Å². The van der Waals surface area contributed by atoms with Crippen LogP contribution in [0, 0.1) is 6.92 Å². The standard InChI is InChI=1S/C26H30N2O4S/c1-18(2)22-13-9-10-19(3)25(22)27-26(29)21-14-15-23(32-5)24(16-21)33(30,31)28(4)17-20-11-7-6-8-12-20/h6-16,18H,17H2,1-5H3,(H,27,29). The van der Waals surface area contributed by atoms with Crippen molar-refractivity contribution in [3.05, 3.63) is 89.0 Å². The molecule has 0 heterocycles. The van der Waals surface area contributed by atoms with Crippen molar-refractivity contribution in [3.63, 3.8) is 0 Å². The Balaban J connectivity index is 1.95. The number of amides is 1. The van der Waals surface area contributed by atoms with E-state index in [4.69, 9.17) is 4.74 Å². The summed E-state index contributed by atoms with van der Waals surface area (Å²) in [4.78, 5) is 13.1. The second-order valence-corrected chi connectivity index (χ2v) is 10.3. The number of nitrogens with zero attached hydrogens (tertiary/aromatic N) is 1. The Morgan fingerprint density at radius 1 is 1.03 bits per heavy atom. The Morgan fingerprint density at radius 3 is 2.36 bits per heavy atom.